The number of hydrogen-bond donors (Lipinski definition) is 0. The molecule has 1 aromatic carbocycles. The van der Waals surface area contributed by atoms with Gasteiger partial charge in [0.25, 0.3) is 0 Å². The summed E-state index contributed by atoms with van der Waals surface area (Å²) in [6.45, 7) is 2.85. The predicted molar refractivity (Wildman–Crippen MR) is 68.9 cm³/mol. The second kappa shape index (κ2) is 4.17. The minimum atomic E-state index is 0.175. The van der Waals surface area contributed by atoms with Crippen LogP contribution >= 0.6 is 0 Å². The SMILES string of the molecule is CC[C@@H]1CN=Cc2cc3cccnc3cc2O1. The van der Waals surface area contributed by atoms with Crippen LogP contribution in [-0.2, 0) is 0 Å². The Hall–Kier alpha value is -1.90. The Morgan fingerprint density at radius 1 is 1.41 bits per heavy atom. The van der Waals surface area contributed by atoms with Gasteiger partial charge in [-0.2, -0.15) is 0 Å². The molecular weight excluding hydrogens is 212 g/mol. The van der Waals surface area contributed by atoms with Crippen molar-refractivity contribution in [1.82, 2.24) is 4.98 Å². The first kappa shape index (κ1) is 10.3. The molecule has 3 heteroatoms. The Kier molecular flexibility index (Phi) is 2.52. The summed E-state index contributed by atoms with van der Waals surface area (Å²) >= 11 is 0. The van der Waals surface area contributed by atoms with Crippen molar-refractivity contribution < 1.29 is 4.74 Å². The van der Waals surface area contributed by atoms with Crippen LogP contribution in [-0.4, -0.2) is 23.8 Å². The largest absolute Gasteiger partial charge is 0.488 e. The molecule has 0 amide bonds. The van der Waals surface area contributed by atoms with Crippen molar-refractivity contribution in [3.8, 4) is 5.75 Å². The zero-order valence-electron chi connectivity index (χ0n) is 9.76. The van der Waals surface area contributed by atoms with E-state index in [1.54, 1.807) is 6.20 Å². The van der Waals surface area contributed by atoms with Gasteiger partial charge in [-0.1, -0.05) is 13.0 Å². The number of aliphatic imine (C=N–C) groups is 1. The molecule has 2 aromatic rings. The molecule has 1 atom stereocenters. The molecule has 0 radical (unpaired) electrons. The van der Waals surface area contributed by atoms with E-state index in [-0.39, 0.29) is 6.10 Å². The van der Waals surface area contributed by atoms with Crippen LogP contribution in [0.2, 0.25) is 0 Å². The maximum absolute atomic E-state index is 5.95. The maximum atomic E-state index is 5.95. The van der Waals surface area contributed by atoms with Crippen LogP contribution in [0, 0.1) is 0 Å². The van der Waals surface area contributed by atoms with Gasteiger partial charge in [0.15, 0.2) is 0 Å². The first-order valence-electron chi connectivity index (χ1n) is 5.92. The molecule has 0 N–H and O–H groups in total. The number of benzene rings is 1. The van der Waals surface area contributed by atoms with Gasteiger partial charge in [-0.15, -0.1) is 0 Å². The van der Waals surface area contributed by atoms with E-state index in [0.717, 1.165) is 35.2 Å². The Morgan fingerprint density at radius 3 is 3.24 bits per heavy atom. The van der Waals surface area contributed by atoms with Crippen LogP contribution in [0.4, 0.5) is 0 Å². The van der Waals surface area contributed by atoms with Crippen molar-refractivity contribution in [2.45, 2.75) is 19.4 Å². The average Bonchev–Trinajstić information content (AvgIpc) is 2.57. The number of nitrogens with zero attached hydrogens (tertiary/aromatic N) is 2. The first-order valence-corrected chi connectivity index (χ1v) is 5.92. The van der Waals surface area contributed by atoms with Crippen molar-refractivity contribution in [2.75, 3.05) is 6.54 Å². The normalized spacial score (nSPS) is 18.5. The zero-order valence-corrected chi connectivity index (χ0v) is 9.76. The van der Waals surface area contributed by atoms with Crippen LogP contribution in [0.3, 0.4) is 0 Å². The molecular formula is C14H14N2O. The summed E-state index contributed by atoms with van der Waals surface area (Å²) in [5.41, 5.74) is 2.01. The summed E-state index contributed by atoms with van der Waals surface area (Å²) < 4.78 is 5.95. The fourth-order valence-electron chi connectivity index (χ4n) is 2.02. The lowest BCUT2D eigenvalue weighted by atomic mass is 10.1. The second-order valence-electron chi connectivity index (χ2n) is 4.23. The molecule has 3 rings (SSSR count). The van der Waals surface area contributed by atoms with E-state index < -0.39 is 0 Å². The lowest BCUT2D eigenvalue weighted by molar-refractivity contribution is 0.208. The molecule has 3 nitrogen and oxygen atoms in total. The summed E-state index contributed by atoms with van der Waals surface area (Å²) in [4.78, 5) is 8.75. The fraction of sp³-hybridized carbons (Fsp3) is 0.286. The smallest absolute Gasteiger partial charge is 0.130 e. The topological polar surface area (TPSA) is 34.5 Å². The number of aromatic nitrogens is 1. The first-order chi connectivity index (χ1) is 8.36. The fourth-order valence-corrected chi connectivity index (χ4v) is 2.02. The molecule has 1 aliphatic heterocycles. The quantitative estimate of drug-likeness (QED) is 0.749. The third-order valence-corrected chi connectivity index (χ3v) is 3.02. The van der Waals surface area contributed by atoms with E-state index in [0.29, 0.717) is 0 Å². The second-order valence-corrected chi connectivity index (χ2v) is 4.23. The minimum Gasteiger partial charge on any atom is -0.488 e. The summed E-state index contributed by atoms with van der Waals surface area (Å²) in [5, 5.41) is 1.12. The van der Waals surface area contributed by atoms with Crippen LogP contribution in [0.25, 0.3) is 10.9 Å². The number of rotatable bonds is 1. The van der Waals surface area contributed by atoms with Gasteiger partial charge in [-0.05, 0) is 18.6 Å². The minimum absolute atomic E-state index is 0.175. The zero-order chi connectivity index (χ0) is 11.7. The molecule has 0 unspecified atom stereocenters. The Balaban J connectivity index is 2.14. The van der Waals surface area contributed by atoms with Gasteiger partial charge in [0.05, 0.1) is 12.1 Å². The molecule has 1 aliphatic rings. The molecule has 0 spiro atoms. The summed E-state index contributed by atoms with van der Waals surface area (Å²) in [7, 11) is 0. The summed E-state index contributed by atoms with van der Waals surface area (Å²) in [5.74, 6) is 0.893. The van der Waals surface area contributed by atoms with Gasteiger partial charge in [-0.3, -0.25) is 9.98 Å². The predicted octanol–water partition coefficient (Wildman–Crippen LogP) is 2.82. The van der Waals surface area contributed by atoms with E-state index in [1.807, 2.05) is 18.3 Å². The maximum Gasteiger partial charge on any atom is 0.130 e. The molecule has 17 heavy (non-hydrogen) atoms. The highest BCUT2D eigenvalue weighted by molar-refractivity contribution is 5.92. The van der Waals surface area contributed by atoms with Crippen molar-refractivity contribution >= 4 is 17.1 Å². The van der Waals surface area contributed by atoms with E-state index >= 15 is 0 Å². The molecule has 0 saturated carbocycles. The highest BCUT2D eigenvalue weighted by Crippen LogP contribution is 2.26. The Bertz CT molecular complexity index is 577. The van der Waals surface area contributed by atoms with Crippen LogP contribution < -0.4 is 4.74 Å². The Morgan fingerprint density at radius 2 is 2.35 bits per heavy atom. The molecule has 86 valence electrons. The number of hydrogen-bond acceptors (Lipinski definition) is 3. The molecule has 1 aromatic heterocycles. The van der Waals surface area contributed by atoms with Gasteiger partial charge in [-0.25, -0.2) is 0 Å². The number of fused-ring (bicyclic) bond motifs is 2. The van der Waals surface area contributed by atoms with Crippen molar-refractivity contribution in [3.05, 3.63) is 36.0 Å². The monoisotopic (exact) mass is 226 g/mol. The van der Waals surface area contributed by atoms with E-state index in [1.165, 1.54) is 0 Å². The number of ether oxygens (including phenoxy) is 1. The van der Waals surface area contributed by atoms with Crippen molar-refractivity contribution in [2.24, 2.45) is 4.99 Å². The standard InChI is InChI=1S/C14H14N2O/c1-2-12-9-15-8-11-6-10-4-3-5-16-13(10)7-14(11)17-12/h3-8,12H,2,9H2,1H3/t12-/m1/s1. The molecule has 0 bridgehead atoms. The average molecular weight is 226 g/mol. The van der Waals surface area contributed by atoms with E-state index in [2.05, 4.69) is 29.0 Å². The van der Waals surface area contributed by atoms with Gasteiger partial charge in [0, 0.05) is 29.4 Å². The lowest BCUT2D eigenvalue weighted by Crippen LogP contribution is -2.17. The van der Waals surface area contributed by atoms with Gasteiger partial charge in [0.1, 0.15) is 11.9 Å². The molecule has 0 aliphatic carbocycles. The van der Waals surface area contributed by atoms with Crippen LogP contribution in [0.1, 0.15) is 18.9 Å². The highest BCUT2D eigenvalue weighted by atomic mass is 16.5. The van der Waals surface area contributed by atoms with E-state index in [4.69, 9.17) is 4.74 Å². The van der Waals surface area contributed by atoms with Gasteiger partial charge in [0.2, 0.25) is 0 Å². The van der Waals surface area contributed by atoms with Gasteiger partial charge < -0.3 is 4.74 Å². The van der Waals surface area contributed by atoms with Gasteiger partial charge >= 0.3 is 0 Å². The Labute approximate surface area is 100 Å². The molecule has 2 heterocycles. The third kappa shape index (κ3) is 1.88. The number of pyridine rings is 1. The summed E-state index contributed by atoms with van der Waals surface area (Å²) in [6, 6.07) is 8.08. The highest BCUT2D eigenvalue weighted by Gasteiger charge is 2.14. The molecule has 0 fully saturated rings. The lowest BCUT2D eigenvalue weighted by Gasteiger charge is -2.14. The van der Waals surface area contributed by atoms with Crippen LogP contribution in [0.5, 0.6) is 5.75 Å². The summed E-state index contributed by atoms with van der Waals surface area (Å²) in [6.07, 6.45) is 4.85. The van der Waals surface area contributed by atoms with Crippen molar-refractivity contribution in [3.63, 3.8) is 0 Å². The van der Waals surface area contributed by atoms with Crippen molar-refractivity contribution in [1.29, 1.82) is 0 Å². The third-order valence-electron chi connectivity index (χ3n) is 3.02. The molecule has 0 saturated heterocycles. The van der Waals surface area contributed by atoms with E-state index in [9.17, 15) is 0 Å². The van der Waals surface area contributed by atoms with Crippen LogP contribution in [0.15, 0.2) is 35.5 Å².